The van der Waals surface area contributed by atoms with Crippen molar-refractivity contribution in [2.75, 3.05) is 39.3 Å². The Bertz CT molecular complexity index is 567. The van der Waals surface area contributed by atoms with Crippen LogP contribution < -0.4 is 4.74 Å². The molecule has 1 saturated heterocycles. The number of ether oxygens (including phenoxy) is 1. The fourth-order valence-electron chi connectivity index (χ4n) is 3.83. The van der Waals surface area contributed by atoms with E-state index in [2.05, 4.69) is 4.90 Å². The minimum atomic E-state index is -0.550. The molecule has 0 bridgehead atoms. The van der Waals surface area contributed by atoms with E-state index in [1.807, 2.05) is 4.90 Å². The Labute approximate surface area is 160 Å². The standard InChI is InChI=1S/C20H29ClN2O3/c21-17-6-8-19(9-7-17)26-15-18(24)14-22-10-12-23(13-11-22)20(25)16-4-2-1-3-5-16/h6-9,16,18,24H,1-5,10-15H2. The molecule has 1 aliphatic heterocycles. The fraction of sp³-hybridized carbons (Fsp3) is 0.650. The first-order chi connectivity index (χ1) is 12.6. The molecule has 5 nitrogen and oxygen atoms in total. The Morgan fingerprint density at radius 1 is 1.12 bits per heavy atom. The number of carbonyl (C=O) groups is 1. The predicted molar refractivity (Wildman–Crippen MR) is 103 cm³/mol. The monoisotopic (exact) mass is 380 g/mol. The summed E-state index contributed by atoms with van der Waals surface area (Å²) in [5.41, 5.74) is 0. The number of rotatable bonds is 6. The van der Waals surface area contributed by atoms with Gasteiger partial charge in [0.2, 0.25) is 5.91 Å². The summed E-state index contributed by atoms with van der Waals surface area (Å²) in [5, 5.41) is 10.9. The zero-order valence-electron chi connectivity index (χ0n) is 15.3. The maximum atomic E-state index is 12.6. The Morgan fingerprint density at radius 3 is 2.42 bits per heavy atom. The number of piperazine rings is 1. The van der Waals surface area contributed by atoms with Crippen LogP contribution in [0.5, 0.6) is 5.75 Å². The molecule has 2 aliphatic rings. The predicted octanol–water partition coefficient (Wildman–Crippen LogP) is 2.80. The Hall–Kier alpha value is -1.30. The average molecular weight is 381 g/mol. The molecule has 0 radical (unpaired) electrons. The van der Waals surface area contributed by atoms with Crippen LogP contribution in [0.15, 0.2) is 24.3 Å². The molecule has 2 fully saturated rings. The van der Waals surface area contributed by atoms with Crippen LogP contribution in [0.25, 0.3) is 0 Å². The van der Waals surface area contributed by atoms with Crippen molar-refractivity contribution in [2.24, 2.45) is 5.92 Å². The van der Waals surface area contributed by atoms with E-state index in [0.29, 0.717) is 23.2 Å². The topological polar surface area (TPSA) is 53.0 Å². The third-order valence-corrected chi connectivity index (χ3v) is 5.62. The molecular weight excluding hydrogens is 352 g/mol. The number of nitrogens with zero attached hydrogens (tertiary/aromatic N) is 2. The molecule has 144 valence electrons. The maximum Gasteiger partial charge on any atom is 0.225 e. The van der Waals surface area contributed by atoms with E-state index in [1.165, 1.54) is 19.3 Å². The highest BCUT2D eigenvalue weighted by Crippen LogP contribution is 2.25. The summed E-state index contributed by atoms with van der Waals surface area (Å²) < 4.78 is 5.60. The van der Waals surface area contributed by atoms with Crippen LogP contribution in [0.4, 0.5) is 0 Å². The van der Waals surface area contributed by atoms with Crippen LogP contribution in [0, 0.1) is 5.92 Å². The SMILES string of the molecule is O=C(C1CCCCC1)N1CCN(CC(O)COc2ccc(Cl)cc2)CC1. The fourth-order valence-corrected chi connectivity index (χ4v) is 3.96. The molecule has 0 aromatic heterocycles. The van der Waals surface area contributed by atoms with Gasteiger partial charge in [0.25, 0.3) is 0 Å². The van der Waals surface area contributed by atoms with E-state index in [4.69, 9.17) is 16.3 Å². The van der Waals surface area contributed by atoms with Crippen molar-refractivity contribution in [1.82, 2.24) is 9.80 Å². The zero-order chi connectivity index (χ0) is 18.4. The van der Waals surface area contributed by atoms with Gasteiger partial charge < -0.3 is 14.7 Å². The number of amides is 1. The molecular formula is C20H29ClN2O3. The molecule has 1 aromatic carbocycles. The van der Waals surface area contributed by atoms with Crippen LogP contribution in [0.1, 0.15) is 32.1 Å². The number of aliphatic hydroxyl groups excluding tert-OH is 1. The van der Waals surface area contributed by atoms with Gasteiger partial charge in [-0.25, -0.2) is 0 Å². The van der Waals surface area contributed by atoms with Crippen molar-refractivity contribution >= 4 is 17.5 Å². The van der Waals surface area contributed by atoms with Gasteiger partial charge in [-0.15, -0.1) is 0 Å². The summed E-state index contributed by atoms with van der Waals surface area (Å²) in [6.45, 7) is 3.98. The van der Waals surface area contributed by atoms with Crippen molar-refractivity contribution in [3.8, 4) is 5.75 Å². The summed E-state index contributed by atoms with van der Waals surface area (Å²) in [5.74, 6) is 1.29. The van der Waals surface area contributed by atoms with Gasteiger partial charge >= 0.3 is 0 Å². The number of halogens is 1. The van der Waals surface area contributed by atoms with Crippen LogP contribution >= 0.6 is 11.6 Å². The van der Waals surface area contributed by atoms with E-state index < -0.39 is 6.10 Å². The first kappa shape index (κ1) is 19.5. The first-order valence-electron chi connectivity index (χ1n) is 9.69. The molecule has 1 unspecified atom stereocenters. The lowest BCUT2D eigenvalue weighted by Crippen LogP contribution is -2.52. The third kappa shape index (κ3) is 5.60. The van der Waals surface area contributed by atoms with Crippen molar-refractivity contribution in [3.63, 3.8) is 0 Å². The van der Waals surface area contributed by atoms with Crippen LogP contribution in [0.3, 0.4) is 0 Å². The lowest BCUT2D eigenvalue weighted by Gasteiger charge is -2.37. The average Bonchev–Trinajstić information content (AvgIpc) is 2.68. The molecule has 0 spiro atoms. The van der Waals surface area contributed by atoms with E-state index in [1.54, 1.807) is 24.3 Å². The number of benzene rings is 1. The largest absolute Gasteiger partial charge is 0.491 e. The molecule has 1 N–H and O–H groups in total. The minimum absolute atomic E-state index is 0.244. The first-order valence-corrected chi connectivity index (χ1v) is 10.1. The Kier molecular flexibility index (Phi) is 7.17. The summed E-state index contributed by atoms with van der Waals surface area (Å²) in [4.78, 5) is 16.8. The van der Waals surface area contributed by atoms with Gasteiger partial charge in [0.05, 0.1) is 0 Å². The Balaban J connectivity index is 1.36. The highest BCUT2D eigenvalue weighted by Gasteiger charge is 2.28. The van der Waals surface area contributed by atoms with Gasteiger partial charge in [-0.1, -0.05) is 30.9 Å². The minimum Gasteiger partial charge on any atom is -0.491 e. The maximum absolute atomic E-state index is 12.6. The second-order valence-corrected chi connectivity index (χ2v) is 7.82. The van der Waals surface area contributed by atoms with Crippen molar-refractivity contribution in [3.05, 3.63) is 29.3 Å². The highest BCUT2D eigenvalue weighted by atomic mass is 35.5. The summed E-state index contributed by atoms with van der Waals surface area (Å²) in [6.07, 6.45) is 5.21. The van der Waals surface area contributed by atoms with Gasteiger partial charge in [-0.05, 0) is 37.1 Å². The van der Waals surface area contributed by atoms with Gasteiger partial charge in [-0.3, -0.25) is 9.69 Å². The second-order valence-electron chi connectivity index (χ2n) is 7.38. The van der Waals surface area contributed by atoms with Crippen molar-refractivity contribution in [2.45, 2.75) is 38.2 Å². The molecule has 1 saturated carbocycles. The molecule has 3 rings (SSSR count). The second kappa shape index (κ2) is 9.58. The highest BCUT2D eigenvalue weighted by molar-refractivity contribution is 6.30. The van der Waals surface area contributed by atoms with E-state index in [9.17, 15) is 9.90 Å². The molecule has 1 aromatic rings. The smallest absolute Gasteiger partial charge is 0.225 e. The van der Waals surface area contributed by atoms with Crippen LogP contribution in [-0.2, 0) is 4.79 Å². The normalized spacial score (nSPS) is 20.8. The number of carbonyl (C=O) groups excluding carboxylic acids is 1. The molecule has 6 heteroatoms. The quantitative estimate of drug-likeness (QED) is 0.824. The Morgan fingerprint density at radius 2 is 1.77 bits per heavy atom. The summed E-state index contributed by atoms with van der Waals surface area (Å²) in [6, 6.07) is 7.13. The number of hydrogen-bond donors (Lipinski definition) is 1. The third-order valence-electron chi connectivity index (χ3n) is 5.36. The molecule has 1 atom stereocenters. The van der Waals surface area contributed by atoms with Crippen LogP contribution in [0.2, 0.25) is 5.02 Å². The van der Waals surface area contributed by atoms with E-state index in [-0.39, 0.29) is 12.5 Å². The van der Waals surface area contributed by atoms with Gasteiger partial charge in [0.1, 0.15) is 18.5 Å². The number of hydrogen-bond acceptors (Lipinski definition) is 4. The zero-order valence-corrected chi connectivity index (χ0v) is 16.0. The number of aliphatic hydroxyl groups is 1. The molecule has 1 amide bonds. The molecule has 26 heavy (non-hydrogen) atoms. The lowest BCUT2D eigenvalue weighted by molar-refractivity contribution is -0.138. The lowest BCUT2D eigenvalue weighted by atomic mass is 9.88. The van der Waals surface area contributed by atoms with Crippen molar-refractivity contribution < 1.29 is 14.6 Å². The van der Waals surface area contributed by atoms with Gasteiger partial charge in [0.15, 0.2) is 0 Å². The van der Waals surface area contributed by atoms with Gasteiger partial charge in [0, 0.05) is 43.7 Å². The summed E-state index contributed by atoms with van der Waals surface area (Å²) in [7, 11) is 0. The van der Waals surface area contributed by atoms with Crippen molar-refractivity contribution in [1.29, 1.82) is 0 Å². The number of β-amino-alcohol motifs (C(OH)–C–C–N with tert-alkyl or cyclic N) is 1. The van der Waals surface area contributed by atoms with Gasteiger partial charge in [-0.2, -0.15) is 0 Å². The van der Waals surface area contributed by atoms with E-state index in [0.717, 1.165) is 39.0 Å². The molecule has 1 heterocycles. The van der Waals surface area contributed by atoms with Crippen LogP contribution in [-0.4, -0.2) is 66.2 Å². The molecule has 1 aliphatic carbocycles. The summed E-state index contributed by atoms with van der Waals surface area (Å²) >= 11 is 5.85. The van der Waals surface area contributed by atoms with E-state index >= 15 is 0 Å².